The summed E-state index contributed by atoms with van der Waals surface area (Å²) in [7, 11) is 1.87. The predicted molar refractivity (Wildman–Crippen MR) is 79.9 cm³/mol. The van der Waals surface area contributed by atoms with E-state index < -0.39 is 0 Å². The zero-order chi connectivity index (χ0) is 14.0. The third kappa shape index (κ3) is 2.90. The van der Waals surface area contributed by atoms with Gasteiger partial charge in [0, 0.05) is 18.6 Å². The number of halogens is 2. The fraction of sp³-hybridized carbons (Fsp3) is 0.250. The third-order valence-corrected chi connectivity index (χ3v) is 3.55. The van der Waals surface area contributed by atoms with Gasteiger partial charge in [-0.05, 0) is 43.2 Å². The number of nitrogens with zero attached hydrogens (tertiary/aromatic N) is 1. The van der Waals surface area contributed by atoms with Gasteiger partial charge in [-0.3, -0.25) is 0 Å². The average molecular weight is 278 g/mol. The molecule has 0 atom stereocenters. The molecule has 0 amide bonds. The van der Waals surface area contributed by atoms with Crippen LogP contribution in [0.25, 0.3) is 0 Å². The van der Waals surface area contributed by atoms with Gasteiger partial charge in [0.15, 0.2) is 0 Å². The molecule has 0 saturated carbocycles. The fourth-order valence-corrected chi connectivity index (χ4v) is 2.38. The number of anilines is 2. The van der Waals surface area contributed by atoms with E-state index in [-0.39, 0.29) is 5.82 Å². The largest absolute Gasteiger partial charge is 0.342 e. The highest BCUT2D eigenvalue weighted by Gasteiger charge is 2.12. The van der Waals surface area contributed by atoms with Crippen molar-refractivity contribution < 1.29 is 4.39 Å². The van der Waals surface area contributed by atoms with Crippen molar-refractivity contribution in [3.63, 3.8) is 0 Å². The molecule has 0 aliphatic carbocycles. The molecule has 3 heteroatoms. The van der Waals surface area contributed by atoms with Crippen LogP contribution in [-0.4, -0.2) is 7.05 Å². The number of benzene rings is 2. The fourth-order valence-electron chi connectivity index (χ4n) is 2.22. The van der Waals surface area contributed by atoms with Crippen molar-refractivity contribution in [2.24, 2.45) is 0 Å². The van der Waals surface area contributed by atoms with Crippen LogP contribution in [0.3, 0.4) is 0 Å². The lowest BCUT2D eigenvalue weighted by atomic mass is 10.1. The Morgan fingerprint density at radius 3 is 2.32 bits per heavy atom. The van der Waals surface area contributed by atoms with E-state index in [1.807, 2.05) is 44.0 Å². The summed E-state index contributed by atoms with van der Waals surface area (Å²) in [4.78, 5) is 1.86. The zero-order valence-corrected chi connectivity index (χ0v) is 12.1. The van der Waals surface area contributed by atoms with Crippen LogP contribution in [-0.2, 0) is 5.88 Å². The van der Waals surface area contributed by atoms with Crippen molar-refractivity contribution in [3.05, 3.63) is 58.9 Å². The monoisotopic (exact) mass is 277 g/mol. The second-order valence-electron chi connectivity index (χ2n) is 4.77. The molecule has 0 aliphatic heterocycles. The Kier molecular flexibility index (Phi) is 4.11. The maximum Gasteiger partial charge on any atom is 0.147 e. The zero-order valence-electron chi connectivity index (χ0n) is 11.4. The van der Waals surface area contributed by atoms with Crippen molar-refractivity contribution >= 4 is 23.0 Å². The first kappa shape index (κ1) is 13.9. The summed E-state index contributed by atoms with van der Waals surface area (Å²) in [6, 6.07) is 11.3. The van der Waals surface area contributed by atoms with E-state index in [0.29, 0.717) is 11.6 Å². The number of alkyl halides is 1. The summed E-state index contributed by atoms with van der Waals surface area (Å²) in [5.74, 6) is 0.0745. The summed E-state index contributed by atoms with van der Waals surface area (Å²) in [6.45, 7) is 4.08. The number of hydrogen-bond acceptors (Lipinski definition) is 1. The van der Waals surface area contributed by atoms with Gasteiger partial charge in [0.1, 0.15) is 5.82 Å². The van der Waals surface area contributed by atoms with E-state index in [0.717, 1.165) is 16.8 Å². The summed E-state index contributed by atoms with van der Waals surface area (Å²) in [5.41, 5.74) is 4.68. The van der Waals surface area contributed by atoms with Crippen molar-refractivity contribution in [3.8, 4) is 0 Å². The van der Waals surface area contributed by atoms with E-state index in [4.69, 9.17) is 11.6 Å². The Balaban J connectivity index is 2.41. The molecule has 2 rings (SSSR count). The third-order valence-electron chi connectivity index (χ3n) is 3.24. The van der Waals surface area contributed by atoms with Gasteiger partial charge >= 0.3 is 0 Å². The molecule has 19 heavy (non-hydrogen) atoms. The quantitative estimate of drug-likeness (QED) is 0.718. The lowest BCUT2D eigenvalue weighted by Gasteiger charge is -2.22. The molecule has 0 heterocycles. The molecular weight excluding hydrogens is 261 g/mol. The second-order valence-corrected chi connectivity index (χ2v) is 5.04. The molecule has 0 aromatic heterocycles. The highest BCUT2D eigenvalue weighted by atomic mass is 35.5. The van der Waals surface area contributed by atoms with Crippen LogP contribution in [0, 0.1) is 19.7 Å². The molecule has 0 aliphatic rings. The molecule has 0 spiro atoms. The minimum Gasteiger partial charge on any atom is -0.342 e. The van der Waals surface area contributed by atoms with Crippen molar-refractivity contribution in [1.29, 1.82) is 0 Å². The Morgan fingerprint density at radius 1 is 1.05 bits per heavy atom. The van der Waals surface area contributed by atoms with E-state index in [9.17, 15) is 4.39 Å². The predicted octanol–water partition coefficient (Wildman–Crippen LogP) is 4.95. The van der Waals surface area contributed by atoms with Crippen LogP contribution in [0.15, 0.2) is 36.4 Å². The number of rotatable bonds is 3. The van der Waals surface area contributed by atoms with Crippen LogP contribution in [0.1, 0.15) is 16.7 Å². The molecule has 0 saturated heterocycles. The molecule has 0 N–H and O–H groups in total. The van der Waals surface area contributed by atoms with Crippen LogP contribution < -0.4 is 4.90 Å². The normalized spacial score (nSPS) is 10.6. The maximum atomic E-state index is 14.1. The van der Waals surface area contributed by atoms with Gasteiger partial charge in [-0.25, -0.2) is 4.39 Å². The molecule has 100 valence electrons. The lowest BCUT2D eigenvalue weighted by molar-refractivity contribution is 0.626. The molecule has 2 aromatic carbocycles. The second kappa shape index (κ2) is 5.62. The van der Waals surface area contributed by atoms with Crippen LogP contribution >= 0.6 is 11.6 Å². The maximum absolute atomic E-state index is 14.1. The SMILES string of the molecule is Cc1ccc(N(C)c2ccc(CCl)cc2F)c(C)c1. The summed E-state index contributed by atoms with van der Waals surface area (Å²) in [5, 5.41) is 0. The Morgan fingerprint density at radius 2 is 1.74 bits per heavy atom. The highest BCUT2D eigenvalue weighted by Crippen LogP contribution is 2.30. The van der Waals surface area contributed by atoms with Crippen molar-refractivity contribution in [1.82, 2.24) is 0 Å². The van der Waals surface area contributed by atoms with Gasteiger partial charge in [0.2, 0.25) is 0 Å². The number of aryl methyl sites for hydroxylation is 2. The lowest BCUT2D eigenvalue weighted by Crippen LogP contribution is -2.12. The van der Waals surface area contributed by atoms with Crippen LogP contribution in [0.5, 0.6) is 0 Å². The van der Waals surface area contributed by atoms with E-state index in [2.05, 4.69) is 6.07 Å². The standard InChI is InChI=1S/C16H17ClFN/c1-11-4-6-15(12(2)8-11)19(3)16-7-5-13(10-17)9-14(16)18/h4-9H,10H2,1-3H3. The number of hydrogen-bond donors (Lipinski definition) is 0. The van der Waals surface area contributed by atoms with Gasteiger partial charge in [0.05, 0.1) is 5.69 Å². The Bertz CT molecular complexity index is 595. The van der Waals surface area contributed by atoms with Gasteiger partial charge in [0.25, 0.3) is 0 Å². The smallest absolute Gasteiger partial charge is 0.147 e. The van der Waals surface area contributed by atoms with Crippen LogP contribution in [0.2, 0.25) is 0 Å². The molecule has 0 bridgehead atoms. The summed E-state index contributed by atoms with van der Waals surface area (Å²) in [6.07, 6.45) is 0. The molecule has 0 unspecified atom stereocenters. The van der Waals surface area contributed by atoms with Gasteiger partial charge < -0.3 is 4.90 Å². The molecular formula is C16H17ClFN. The van der Waals surface area contributed by atoms with Crippen molar-refractivity contribution in [2.45, 2.75) is 19.7 Å². The summed E-state index contributed by atoms with van der Waals surface area (Å²) >= 11 is 5.71. The molecule has 1 nitrogen and oxygen atoms in total. The average Bonchev–Trinajstić information content (AvgIpc) is 2.37. The first-order valence-corrected chi connectivity index (χ1v) is 6.71. The Labute approximate surface area is 118 Å². The van der Waals surface area contributed by atoms with Gasteiger partial charge in [-0.1, -0.05) is 23.8 Å². The molecule has 0 fully saturated rings. The summed E-state index contributed by atoms with van der Waals surface area (Å²) < 4.78 is 14.1. The topological polar surface area (TPSA) is 3.24 Å². The van der Waals surface area contributed by atoms with E-state index >= 15 is 0 Å². The van der Waals surface area contributed by atoms with Crippen LogP contribution in [0.4, 0.5) is 15.8 Å². The minimum absolute atomic E-state index is 0.249. The first-order chi connectivity index (χ1) is 9.02. The Hall–Kier alpha value is -1.54. The molecule has 0 radical (unpaired) electrons. The molecule has 2 aromatic rings. The minimum atomic E-state index is -0.249. The van der Waals surface area contributed by atoms with Gasteiger partial charge in [-0.15, -0.1) is 11.6 Å². The van der Waals surface area contributed by atoms with Crippen molar-refractivity contribution in [2.75, 3.05) is 11.9 Å². The first-order valence-electron chi connectivity index (χ1n) is 6.18. The van der Waals surface area contributed by atoms with Gasteiger partial charge in [-0.2, -0.15) is 0 Å². The highest BCUT2D eigenvalue weighted by molar-refractivity contribution is 6.17. The van der Waals surface area contributed by atoms with E-state index in [1.54, 1.807) is 6.07 Å². The van der Waals surface area contributed by atoms with E-state index in [1.165, 1.54) is 11.6 Å².